The summed E-state index contributed by atoms with van der Waals surface area (Å²) in [6.07, 6.45) is 0.596. The van der Waals surface area contributed by atoms with Crippen LogP contribution in [0.5, 0.6) is 0 Å². The fraction of sp³-hybridized carbons (Fsp3) is 0.138. The lowest BCUT2D eigenvalue weighted by molar-refractivity contribution is 0.0523. The second-order valence-corrected chi connectivity index (χ2v) is 7.79. The monoisotopic (exact) mass is 451 g/mol. The quantitative estimate of drug-likeness (QED) is 0.274. The SMILES string of the molecule is CCOC(=O)c1cc(=O)n(CCc2ccccc2)c(-c2ccccc2)c1C(=O)c1ccccc1. The van der Waals surface area contributed by atoms with Crippen LogP contribution in [0.1, 0.15) is 38.8 Å². The summed E-state index contributed by atoms with van der Waals surface area (Å²) in [6, 6.07) is 29.0. The van der Waals surface area contributed by atoms with Crippen LogP contribution in [0.2, 0.25) is 0 Å². The number of nitrogens with zero attached hydrogens (tertiary/aromatic N) is 1. The van der Waals surface area contributed by atoms with Crippen molar-refractivity contribution in [2.45, 2.75) is 19.9 Å². The van der Waals surface area contributed by atoms with E-state index in [0.29, 0.717) is 29.8 Å². The molecule has 4 rings (SSSR count). The second kappa shape index (κ2) is 10.6. The highest BCUT2D eigenvalue weighted by molar-refractivity contribution is 6.17. The van der Waals surface area contributed by atoms with E-state index in [4.69, 9.17) is 4.74 Å². The van der Waals surface area contributed by atoms with Gasteiger partial charge in [-0.3, -0.25) is 9.59 Å². The number of benzene rings is 3. The molecule has 0 saturated heterocycles. The maximum absolute atomic E-state index is 13.8. The number of hydrogen-bond acceptors (Lipinski definition) is 4. The number of aryl methyl sites for hydroxylation is 1. The Balaban J connectivity index is 1.97. The molecule has 0 amide bonds. The van der Waals surface area contributed by atoms with E-state index in [0.717, 1.165) is 5.56 Å². The molecule has 0 atom stereocenters. The number of esters is 1. The van der Waals surface area contributed by atoms with Crippen LogP contribution < -0.4 is 5.56 Å². The Morgan fingerprint density at radius 2 is 1.41 bits per heavy atom. The van der Waals surface area contributed by atoms with Gasteiger partial charge in [-0.25, -0.2) is 4.79 Å². The molecule has 34 heavy (non-hydrogen) atoms. The van der Waals surface area contributed by atoms with Gasteiger partial charge in [0.05, 0.1) is 23.4 Å². The van der Waals surface area contributed by atoms with Crippen LogP contribution in [0.4, 0.5) is 0 Å². The molecule has 0 saturated carbocycles. The molecule has 0 radical (unpaired) electrons. The third-order valence-electron chi connectivity index (χ3n) is 5.58. The van der Waals surface area contributed by atoms with Crippen LogP contribution in [0.25, 0.3) is 11.3 Å². The molecule has 0 spiro atoms. The lowest BCUT2D eigenvalue weighted by Crippen LogP contribution is -2.28. The zero-order valence-electron chi connectivity index (χ0n) is 18.9. The molecule has 5 heteroatoms. The van der Waals surface area contributed by atoms with Crippen LogP contribution >= 0.6 is 0 Å². The molecule has 0 aliphatic carbocycles. The molecule has 5 nitrogen and oxygen atoms in total. The Bertz CT molecular complexity index is 1340. The molecule has 0 fully saturated rings. The Labute approximate surface area is 198 Å². The topological polar surface area (TPSA) is 65.4 Å². The Kier molecular flexibility index (Phi) is 7.13. The first-order chi connectivity index (χ1) is 16.6. The maximum atomic E-state index is 13.8. The third kappa shape index (κ3) is 4.89. The summed E-state index contributed by atoms with van der Waals surface area (Å²) in [5, 5.41) is 0. The van der Waals surface area contributed by atoms with Crippen molar-refractivity contribution in [2.24, 2.45) is 0 Å². The van der Waals surface area contributed by atoms with Gasteiger partial charge in [-0.1, -0.05) is 91.0 Å². The summed E-state index contributed by atoms with van der Waals surface area (Å²) in [4.78, 5) is 40.0. The van der Waals surface area contributed by atoms with E-state index in [2.05, 4.69) is 0 Å². The molecule has 0 bridgehead atoms. The van der Waals surface area contributed by atoms with Crippen molar-refractivity contribution in [1.82, 2.24) is 4.57 Å². The first-order valence-electron chi connectivity index (χ1n) is 11.2. The molecular formula is C29H25NO4. The fourth-order valence-electron chi connectivity index (χ4n) is 3.98. The highest BCUT2D eigenvalue weighted by atomic mass is 16.5. The molecule has 170 valence electrons. The van der Waals surface area contributed by atoms with E-state index in [1.807, 2.05) is 66.7 Å². The Morgan fingerprint density at radius 3 is 2.03 bits per heavy atom. The number of ether oxygens (including phenoxy) is 1. The number of hydrogen-bond donors (Lipinski definition) is 0. The second-order valence-electron chi connectivity index (χ2n) is 7.79. The highest BCUT2D eigenvalue weighted by Crippen LogP contribution is 2.28. The average molecular weight is 452 g/mol. The summed E-state index contributed by atoms with van der Waals surface area (Å²) < 4.78 is 6.81. The van der Waals surface area contributed by atoms with Crippen molar-refractivity contribution in [3.05, 3.63) is 130 Å². The highest BCUT2D eigenvalue weighted by Gasteiger charge is 2.27. The van der Waals surface area contributed by atoms with E-state index < -0.39 is 5.97 Å². The van der Waals surface area contributed by atoms with Crippen LogP contribution in [-0.2, 0) is 17.7 Å². The number of pyridine rings is 1. The average Bonchev–Trinajstić information content (AvgIpc) is 2.88. The van der Waals surface area contributed by atoms with Gasteiger partial charge in [-0.05, 0) is 24.5 Å². The number of carbonyl (C=O) groups is 2. The first-order valence-corrected chi connectivity index (χ1v) is 11.2. The van der Waals surface area contributed by atoms with E-state index in [-0.39, 0.29) is 29.1 Å². The molecule has 4 aromatic rings. The summed E-state index contributed by atoms with van der Waals surface area (Å²) in [6.45, 7) is 2.18. The van der Waals surface area contributed by atoms with Crippen LogP contribution in [0.15, 0.2) is 102 Å². The lowest BCUT2D eigenvalue weighted by atomic mass is 9.93. The smallest absolute Gasteiger partial charge is 0.339 e. The largest absolute Gasteiger partial charge is 0.462 e. The lowest BCUT2D eigenvalue weighted by Gasteiger charge is -2.20. The van der Waals surface area contributed by atoms with E-state index in [1.54, 1.807) is 35.8 Å². The summed E-state index contributed by atoms with van der Waals surface area (Å²) in [5.74, 6) is -1.03. The van der Waals surface area contributed by atoms with Crippen LogP contribution in [0.3, 0.4) is 0 Å². The molecule has 0 aliphatic heterocycles. The minimum absolute atomic E-state index is 0.0180. The van der Waals surface area contributed by atoms with Gasteiger partial charge in [-0.15, -0.1) is 0 Å². The molecule has 0 unspecified atom stereocenters. The van der Waals surface area contributed by atoms with E-state index >= 15 is 0 Å². The molecule has 0 aliphatic rings. The standard InChI is InChI=1S/C29H25NO4/c1-2-34-29(33)24-20-25(31)30(19-18-21-12-6-3-7-13-21)27(22-14-8-4-9-15-22)26(24)28(32)23-16-10-5-11-17-23/h3-17,20H,2,18-19H2,1H3. The number of carbonyl (C=O) groups excluding carboxylic acids is 2. The predicted molar refractivity (Wildman–Crippen MR) is 132 cm³/mol. The number of rotatable bonds is 8. The zero-order chi connectivity index (χ0) is 23.9. The summed E-state index contributed by atoms with van der Waals surface area (Å²) in [5.41, 5.74) is 2.39. The number of aromatic nitrogens is 1. The minimum atomic E-state index is -0.689. The van der Waals surface area contributed by atoms with Crippen LogP contribution in [0, 0.1) is 0 Å². The zero-order valence-corrected chi connectivity index (χ0v) is 18.9. The summed E-state index contributed by atoms with van der Waals surface area (Å²) in [7, 11) is 0. The molecule has 1 aromatic heterocycles. The van der Waals surface area contributed by atoms with Crippen molar-refractivity contribution < 1.29 is 14.3 Å². The van der Waals surface area contributed by atoms with Gasteiger partial charge in [0.25, 0.3) is 5.56 Å². The van der Waals surface area contributed by atoms with E-state index in [9.17, 15) is 14.4 Å². The van der Waals surface area contributed by atoms with Crippen molar-refractivity contribution in [3.8, 4) is 11.3 Å². The maximum Gasteiger partial charge on any atom is 0.339 e. The van der Waals surface area contributed by atoms with Crippen LogP contribution in [-0.4, -0.2) is 22.9 Å². The van der Waals surface area contributed by atoms with Gasteiger partial charge < -0.3 is 9.30 Å². The van der Waals surface area contributed by atoms with Crippen molar-refractivity contribution in [3.63, 3.8) is 0 Å². The molecule has 1 heterocycles. The minimum Gasteiger partial charge on any atom is -0.462 e. The fourth-order valence-corrected chi connectivity index (χ4v) is 3.98. The number of ketones is 1. The van der Waals surface area contributed by atoms with Crippen molar-refractivity contribution in [2.75, 3.05) is 6.61 Å². The van der Waals surface area contributed by atoms with Gasteiger partial charge in [-0.2, -0.15) is 0 Å². The summed E-state index contributed by atoms with van der Waals surface area (Å²) >= 11 is 0. The molecular weight excluding hydrogens is 426 g/mol. The predicted octanol–water partition coefficient (Wildman–Crippen LogP) is 5.17. The van der Waals surface area contributed by atoms with Gasteiger partial charge in [0, 0.05) is 18.2 Å². The van der Waals surface area contributed by atoms with E-state index in [1.165, 1.54) is 6.07 Å². The van der Waals surface area contributed by atoms with Gasteiger partial charge >= 0.3 is 5.97 Å². The van der Waals surface area contributed by atoms with Gasteiger partial charge in [0.2, 0.25) is 0 Å². The normalized spacial score (nSPS) is 10.6. The van der Waals surface area contributed by atoms with Crippen molar-refractivity contribution in [1.29, 1.82) is 0 Å². The third-order valence-corrected chi connectivity index (χ3v) is 5.58. The molecule has 0 N–H and O–H groups in total. The van der Waals surface area contributed by atoms with Gasteiger partial charge in [0.1, 0.15) is 0 Å². The van der Waals surface area contributed by atoms with Crippen molar-refractivity contribution >= 4 is 11.8 Å². The Morgan fingerprint density at radius 1 is 0.824 bits per heavy atom. The molecule has 3 aromatic carbocycles. The Hall–Kier alpha value is -4.25. The first kappa shape index (κ1) is 22.9. The van der Waals surface area contributed by atoms with Gasteiger partial charge in [0.15, 0.2) is 5.78 Å².